The van der Waals surface area contributed by atoms with E-state index in [1.54, 1.807) is 28.8 Å². The first-order chi connectivity index (χ1) is 18.9. The first kappa shape index (κ1) is 26.3. The summed E-state index contributed by atoms with van der Waals surface area (Å²) in [4.78, 5) is 41.3. The number of carbonyl (C=O) groups excluding carboxylic acids is 2. The Labute approximate surface area is 232 Å². The van der Waals surface area contributed by atoms with E-state index in [9.17, 15) is 19.5 Å². The van der Waals surface area contributed by atoms with Crippen LogP contribution in [-0.2, 0) is 22.4 Å². The van der Waals surface area contributed by atoms with Gasteiger partial charge < -0.3 is 15.4 Å². The van der Waals surface area contributed by atoms with Gasteiger partial charge in [-0.2, -0.15) is 0 Å². The van der Waals surface area contributed by atoms with Crippen molar-refractivity contribution in [1.82, 2.24) is 25.1 Å². The minimum atomic E-state index is -0.989. The van der Waals surface area contributed by atoms with Gasteiger partial charge in [-0.3, -0.25) is 19.0 Å². The second-order valence-electron chi connectivity index (χ2n) is 8.83. The average molecular weight is 562 g/mol. The molecule has 0 spiro atoms. The van der Waals surface area contributed by atoms with Crippen molar-refractivity contribution in [3.8, 4) is 5.00 Å². The predicted octanol–water partition coefficient (Wildman–Crippen LogP) is 5.11. The first-order valence-corrected chi connectivity index (χ1v) is 13.5. The largest absolute Gasteiger partial charge is 0.481 e. The Morgan fingerprint density at radius 1 is 1.13 bits per heavy atom. The van der Waals surface area contributed by atoms with Crippen LogP contribution in [0.15, 0.2) is 60.7 Å². The summed E-state index contributed by atoms with van der Waals surface area (Å²) in [5.74, 6) is -0.566. The van der Waals surface area contributed by atoms with Crippen LogP contribution < -0.4 is 5.32 Å². The van der Waals surface area contributed by atoms with Crippen LogP contribution in [0, 0.1) is 0 Å². The fourth-order valence-corrected chi connectivity index (χ4v) is 5.81. The predicted molar refractivity (Wildman–Crippen MR) is 149 cm³/mol. The molecular weight excluding hydrogens is 538 g/mol. The molecule has 1 unspecified atom stereocenters. The molecule has 3 aromatic heterocycles. The number of aryl methyl sites for hydroxylation is 2. The fraction of sp³-hybridized carbons (Fsp3) is 0.179. The molecule has 2 aromatic carbocycles. The van der Waals surface area contributed by atoms with Crippen LogP contribution in [0.4, 0.5) is 0 Å². The minimum Gasteiger partial charge on any atom is -0.481 e. The lowest BCUT2D eigenvalue weighted by molar-refractivity contribution is -0.137. The molecule has 11 heteroatoms. The summed E-state index contributed by atoms with van der Waals surface area (Å²) < 4.78 is 1.70. The summed E-state index contributed by atoms with van der Waals surface area (Å²) >= 11 is 7.77. The number of ketones is 1. The second-order valence-corrected chi connectivity index (χ2v) is 10.3. The molecule has 0 saturated heterocycles. The Morgan fingerprint density at radius 2 is 1.90 bits per heavy atom. The summed E-state index contributed by atoms with van der Waals surface area (Å²) in [6, 6.07) is 17.5. The normalized spacial score (nSPS) is 11.9. The van der Waals surface area contributed by atoms with E-state index in [1.165, 1.54) is 11.3 Å². The van der Waals surface area contributed by atoms with Crippen LogP contribution in [0.3, 0.4) is 0 Å². The molecule has 39 heavy (non-hydrogen) atoms. The molecule has 5 aromatic rings. The van der Waals surface area contributed by atoms with Gasteiger partial charge in [0.2, 0.25) is 6.41 Å². The number of hydrogen-bond acceptors (Lipinski definition) is 6. The SMILES string of the molecule is CCc1cc(C(=O)c2ccccc2Cl)c(-n2c(CCC(=O)O)nnc2C(NC=O)c2cc3ccccc3[nH]2)s1. The molecule has 0 fully saturated rings. The van der Waals surface area contributed by atoms with Crippen LogP contribution in [0.5, 0.6) is 0 Å². The third-order valence-corrected chi connectivity index (χ3v) is 7.94. The number of halogens is 1. The van der Waals surface area contributed by atoms with Gasteiger partial charge in [0.15, 0.2) is 11.6 Å². The van der Waals surface area contributed by atoms with Crippen LogP contribution in [-0.4, -0.2) is 43.0 Å². The molecule has 0 aliphatic rings. The van der Waals surface area contributed by atoms with Crippen molar-refractivity contribution in [2.75, 3.05) is 0 Å². The van der Waals surface area contributed by atoms with Crippen molar-refractivity contribution in [3.63, 3.8) is 0 Å². The minimum absolute atomic E-state index is 0.0714. The summed E-state index contributed by atoms with van der Waals surface area (Å²) in [5, 5.41) is 22.7. The van der Waals surface area contributed by atoms with E-state index in [2.05, 4.69) is 20.5 Å². The van der Waals surface area contributed by atoms with Crippen LogP contribution >= 0.6 is 22.9 Å². The summed E-state index contributed by atoms with van der Waals surface area (Å²) in [7, 11) is 0. The number of H-pyrrole nitrogens is 1. The number of rotatable bonds is 11. The number of para-hydroxylation sites is 1. The van der Waals surface area contributed by atoms with Crippen LogP contribution in [0.25, 0.3) is 15.9 Å². The zero-order valence-electron chi connectivity index (χ0n) is 20.8. The number of fused-ring (bicyclic) bond motifs is 1. The lowest BCUT2D eigenvalue weighted by Crippen LogP contribution is -2.25. The van der Waals surface area contributed by atoms with Gasteiger partial charge in [0.25, 0.3) is 0 Å². The number of aliphatic carboxylic acids is 1. The van der Waals surface area contributed by atoms with Crippen LogP contribution in [0.2, 0.25) is 5.02 Å². The first-order valence-electron chi connectivity index (χ1n) is 12.3. The third kappa shape index (κ3) is 5.21. The summed E-state index contributed by atoms with van der Waals surface area (Å²) in [6.45, 7) is 1.99. The fourth-order valence-electron chi connectivity index (χ4n) is 4.47. The number of benzene rings is 2. The van der Waals surface area contributed by atoms with Crippen LogP contribution in [0.1, 0.15) is 57.5 Å². The Balaban J connectivity index is 1.71. The van der Waals surface area contributed by atoms with Crippen molar-refractivity contribution >= 4 is 52.0 Å². The number of thiophene rings is 1. The molecular formula is C28H24ClN5O4S. The maximum atomic E-state index is 13.8. The van der Waals surface area contributed by atoms with E-state index < -0.39 is 12.0 Å². The van der Waals surface area contributed by atoms with E-state index in [0.29, 0.717) is 51.3 Å². The van der Waals surface area contributed by atoms with Crippen molar-refractivity contribution in [2.24, 2.45) is 0 Å². The van der Waals surface area contributed by atoms with Crippen molar-refractivity contribution in [3.05, 3.63) is 99.0 Å². The van der Waals surface area contributed by atoms with E-state index in [-0.39, 0.29) is 18.6 Å². The van der Waals surface area contributed by atoms with E-state index in [1.807, 2.05) is 43.3 Å². The van der Waals surface area contributed by atoms with Gasteiger partial charge >= 0.3 is 5.97 Å². The number of aromatic nitrogens is 4. The zero-order chi connectivity index (χ0) is 27.5. The van der Waals surface area contributed by atoms with Gasteiger partial charge in [-0.25, -0.2) is 0 Å². The van der Waals surface area contributed by atoms with Gasteiger partial charge in [0, 0.05) is 28.1 Å². The quantitative estimate of drug-likeness (QED) is 0.152. The molecule has 3 N–H and O–H groups in total. The smallest absolute Gasteiger partial charge is 0.303 e. The number of hydrogen-bond donors (Lipinski definition) is 3. The molecule has 0 aliphatic carbocycles. The number of carboxylic acid groups (broad SMARTS) is 1. The molecule has 0 aliphatic heterocycles. The maximum absolute atomic E-state index is 13.8. The Bertz CT molecular complexity index is 1660. The van der Waals surface area contributed by atoms with Crippen molar-refractivity contribution in [1.29, 1.82) is 0 Å². The lowest BCUT2D eigenvalue weighted by Gasteiger charge is -2.17. The highest BCUT2D eigenvalue weighted by molar-refractivity contribution is 7.15. The number of nitrogens with one attached hydrogen (secondary N) is 2. The molecule has 5 rings (SSSR count). The average Bonchev–Trinajstić information content (AvgIpc) is 3.66. The standard InChI is InChI=1S/C28H24ClN5O4S/c1-2-17-14-19(26(38)18-8-4-5-9-20(18)29)28(39-17)34-23(11-12-24(36)37)32-33-27(34)25(30-15-35)22-13-16-7-3-6-10-21(16)31-22/h3-10,13-15,25,31H,2,11-12H2,1H3,(H,30,35)(H,36,37). The summed E-state index contributed by atoms with van der Waals surface area (Å²) in [6.07, 6.45) is 1.14. The van der Waals surface area contributed by atoms with Gasteiger partial charge in [0.1, 0.15) is 16.9 Å². The van der Waals surface area contributed by atoms with Crippen molar-refractivity contribution < 1.29 is 19.5 Å². The zero-order valence-corrected chi connectivity index (χ0v) is 22.4. The number of aromatic amines is 1. The van der Waals surface area contributed by atoms with E-state index >= 15 is 0 Å². The van der Waals surface area contributed by atoms with Gasteiger partial charge in [-0.05, 0) is 42.1 Å². The lowest BCUT2D eigenvalue weighted by atomic mass is 10.0. The molecule has 1 atom stereocenters. The molecule has 0 saturated carbocycles. The summed E-state index contributed by atoms with van der Waals surface area (Å²) in [5.41, 5.74) is 2.28. The number of carboxylic acids is 1. The third-order valence-electron chi connectivity index (χ3n) is 6.35. The number of nitrogens with zero attached hydrogens (tertiary/aromatic N) is 3. The monoisotopic (exact) mass is 561 g/mol. The van der Waals surface area contributed by atoms with E-state index in [0.717, 1.165) is 15.8 Å². The Morgan fingerprint density at radius 3 is 2.62 bits per heavy atom. The highest BCUT2D eigenvalue weighted by Crippen LogP contribution is 2.35. The van der Waals surface area contributed by atoms with E-state index in [4.69, 9.17) is 11.6 Å². The molecule has 1 amide bonds. The van der Waals surface area contributed by atoms with Gasteiger partial charge in [-0.15, -0.1) is 21.5 Å². The van der Waals surface area contributed by atoms with Gasteiger partial charge in [-0.1, -0.05) is 48.9 Å². The topological polar surface area (TPSA) is 130 Å². The second kappa shape index (κ2) is 11.2. The molecule has 3 heterocycles. The number of amides is 1. The molecule has 0 radical (unpaired) electrons. The van der Waals surface area contributed by atoms with Crippen molar-refractivity contribution in [2.45, 2.75) is 32.2 Å². The molecule has 198 valence electrons. The van der Waals surface area contributed by atoms with Gasteiger partial charge in [0.05, 0.1) is 17.0 Å². The number of carbonyl (C=O) groups is 3. The molecule has 9 nitrogen and oxygen atoms in total. The Hall–Kier alpha value is -4.28. The Kier molecular flexibility index (Phi) is 7.58. The maximum Gasteiger partial charge on any atom is 0.303 e. The highest BCUT2D eigenvalue weighted by Gasteiger charge is 2.29. The highest BCUT2D eigenvalue weighted by atomic mass is 35.5. The molecule has 0 bridgehead atoms.